The van der Waals surface area contributed by atoms with Crippen molar-refractivity contribution in [1.82, 2.24) is 39.8 Å². The summed E-state index contributed by atoms with van der Waals surface area (Å²) in [6, 6.07) is 31.4. The summed E-state index contributed by atoms with van der Waals surface area (Å²) in [6.45, 7) is 1.24. The molecule has 8 aromatic rings. The van der Waals surface area contributed by atoms with Crippen LogP contribution in [0.4, 0.5) is 11.6 Å². The van der Waals surface area contributed by atoms with Gasteiger partial charge in [0.15, 0.2) is 0 Å². The van der Waals surface area contributed by atoms with Gasteiger partial charge in [-0.1, -0.05) is 24.3 Å². The summed E-state index contributed by atoms with van der Waals surface area (Å²) in [4.78, 5) is 61.7. The Labute approximate surface area is 422 Å². The first-order valence-electron chi connectivity index (χ1n) is 22.8. The maximum Gasteiger partial charge on any atom is 0.488 e. The molecular formula is C52H46BBrN12O6. The number of anilines is 2. The summed E-state index contributed by atoms with van der Waals surface area (Å²) < 4.78 is 4.28. The minimum Gasteiger partial charge on any atom is -0.423 e. The van der Waals surface area contributed by atoms with Gasteiger partial charge in [-0.15, -0.1) is 0 Å². The van der Waals surface area contributed by atoms with Crippen molar-refractivity contribution in [2.75, 3.05) is 37.0 Å². The van der Waals surface area contributed by atoms with E-state index in [0.717, 1.165) is 52.3 Å². The first-order valence-corrected chi connectivity index (χ1v) is 23.6. The molecule has 2 aliphatic rings. The molecule has 0 unspecified atom stereocenters. The van der Waals surface area contributed by atoms with E-state index in [2.05, 4.69) is 52.8 Å². The zero-order valence-electron chi connectivity index (χ0n) is 39.1. The molecule has 0 spiro atoms. The van der Waals surface area contributed by atoms with Gasteiger partial charge in [-0.05, 0) is 137 Å². The molecule has 360 valence electrons. The molecule has 2 fully saturated rings. The van der Waals surface area contributed by atoms with Gasteiger partial charge < -0.3 is 20.7 Å². The Hall–Kier alpha value is -8.56. The van der Waals surface area contributed by atoms with E-state index >= 15 is 0 Å². The van der Waals surface area contributed by atoms with Crippen LogP contribution in [-0.4, -0.2) is 97.2 Å². The number of pyridine rings is 4. The molecule has 20 heteroatoms. The smallest absolute Gasteiger partial charge is 0.423 e. The molecule has 2 aromatic carbocycles. The maximum absolute atomic E-state index is 13.6. The Bertz CT molecular complexity index is 3340. The van der Waals surface area contributed by atoms with E-state index < -0.39 is 7.12 Å². The van der Waals surface area contributed by atoms with Gasteiger partial charge in [0.25, 0.3) is 23.6 Å². The number of nitriles is 2. The molecule has 0 atom stereocenters. The first-order chi connectivity index (χ1) is 34.9. The van der Waals surface area contributed by atoms with E-state index in [0.29, 0.717) is 75.4 Å². The minimum absolute atomic E-state index is 0.0975. The number of nitrogens with one attached hydrogen (secondary N) is 2. The minimum atomic E-state index is -1.49. The zero-order chi connectivity index (χ0) is 50.9. The van der Waals surface area contributed by atoms with Gasteiger partial charge in [-0.3, -0.25) is 29.0 Å². The number of benzene rings is 2. The van der Waals surface area contributed by atoms with E-state index in [1.165, 1.54) is 43.7 Å². The van der Waals surface area contributed by atoms with Gasteiger partial charge in [-0.2, -0.15) is 20.7 Å². The lowest BCUT2D eigenvalue weighted by molar-refractivity contribution is 0.0955. The van der Waals surface area contributed by atoms with Crippen LogP contribution >= 0.6 is 15.9 Å². The second kappa shape index (κ2) is 22.5. The number of aromatic nitrogens is 6. The molecule has 72 heavy (non-hydrogen) atoms. The van der Waals surface area contributed by atoms with Crippen molar-refractivity contribution in [3.8, 4) is 23.3 Å². The highest BCUT2D eigenvalue weighted by atomic mass is 79.9. The van der Waals surface area contributed by atoms with Crippen LogP contribution in [0, 0.1) is 34.5 Å². The highest BCUT2D eigenvalue weighted by Gasteiger charge is 2.31. The van der Waals surface area contributed by atoms with Crippen molar-refractivity contribution in [2.45, 2.75) is 25.7 Å². The van der Waals surface area contributed by atoms with Gasteiger partial charge in [0.2, 0.25) is 0 Å². The summed E-state index contributed by atoms with van der Waals surface area (Å²) in [5, 5.41) is 49.2. The van der Waals surface area contributed by atoms with Crippen LogP contribution in [0.1, 0.15) is 78.2 Å². The average Bonchev–Trinajstić information content (AvgIpc) is 4.37. The number of halogens is 1. The second-order valence-electron chi connectivity index (χ2n) is 17.0. The number of hydrogen-bond acceptors (Lipinski definition) is 12. The fraction of sp³-hybridized carbons (Fsp3) is 0.192. The van der Waals surface area contributed by atoms with Crippen LogP contribution in [0.15, 0.2) is 139 Å². The molecule has 0 radical (unpaired) electrons. The maximum atomic E-state index is 13.6. The first kappa shape index (κ1) is 49.9. The van der Waals surface area contributed by atoms with Crippen molar-refractivity contribution < 1.29 is 29.2 Å². The van der Waals surface area contributed by atoms with Gasteiger partial charge in [0.1, 0.15) is 23.8 Å². The summed E-state index contributed by atoms with van der Waals surface area (Å²) in [5.41, 5.74) is 6.87. The largest absolute Gasteiger partial charge is 0.488 e. The summed E-state index contributed by atoms with van der Waals surface area (Å²) in [7, 11) is 1.65. The van der Waals surface area contributed by atoms with Gasteiger partial charge in [0, 0.05) is 79.8 Å². The molecule has 6 aromatic heterocycles. The van der Waals surface area contributed by atoms with Gasteiger partial charge in [0.05, 0.1) is 39.0 Å². The van der Waals surface area contributed by atoms with Crippen LogP contribution in [0.25, 0.3) is 22.2 Å². The molecule has 4 amide bonds. The number of rotatable bonds is 12. The topological polar surface area (TPSA) is 247 Å². The lowest BCUT2D eigenvalue weighted by Crippen LogP contribution is -2.33. The predicted molar refractivity (Wildman–Crippen MR) is 273 cm³/mol. The fourth-order valence-electron chi connectivity index (χ4n) is 7.53. The van der Waals surface area contributed by atoms with Crippen LogP contribution in [0.5, 0.6) is 0 Å². The molecule has 0 aliphatic heterocycles. The van der Waals surface area contributed by atoms with Crippen molar-refractivity contribution in [3.05, 3.63) is 172 Å². The highest BCUT2D eigenvalue weighted by molar-refractivity contribution is 9.10. The van der Waals surface area contributed by atoms with Crippen molar-refractivity contribution in [3.63, 3.8) is 0 Å². The third-order valence-corrected chi connectivity index (χ3v) is 12.6. The third-order valence-electron chi connectivity index (χ3n) is 11.9. The number of hydrogen-bond donors (Lipinski definition) is 4. The van der Waals surface area contributed by atoms with Crippen LogP contribution in [-0.2, 0) is 0 Å². The lowest BCUT2D eigenvalue weighted by atomic mass is 9.80. The highest BCUT2D eigenvalue weighted by Crippen LogP contribution is 2.34. The lowest BCUT2D eigenvalue weighted by Gasteiger charge is -2.22. The van der Waals surface area contributed by atoms with Crippen LogP contribution < -0.4 is 25.9 Å². The normalized spacial score (nSPS) is 12.5. The molecular weight excluding hydrogens is 979 g/mol. The third kappa shape index (κ3) is 11.9. The standard InChI is InChI=1S/C26H22N6O2.C18H14BrN5O.C8H10BNO3/c1-28-25(33)20-7-5-19(6-8-20)22-15-30-32-11-10-21(12-23(22)32)26(34)31(16-17-2-3-17)24-9-4-18(13-27)14-29-24;19-15-10-22-24-6-5-14(7-16(15)24)18(25)23(11-12-1-2-12)17-4-3-13(8-20)9-21-17;1-10-8(11)6-2-4-7(5-3-6)9(12)13/h4-12,14-15,17H,2-3,16H2,1H3,(H,28,33);3-7,9-10,12H,1-2,11H2;2-5,12-13H,1H3,(H,10,11). The Morgan fingerprint density at radius 3 is 1.53 bits per heavy atom. The van der Waals surface area contributed by atoms with E-state index in [1.807, 2.05) is 30.3 Å². The molecule has 10 rings (SSSR count). The fourth-order valence-corrected chi connectivity index (χ4v) is 7.92. The number of fused-ring (bicyclic) bond motifs is 2. The number of nitrogens with zero attached hydrogens (tertiary/aromatic N) is 10. The molecule has 0 bridgehead atoms. The number of amides is 4. The van der Waals surface area contributed by atoms with Gasteiger partial charge >= 0.3 is 7.12 Å². The van der Waals surface area contributed by atoms with E-state index in [1.54, 1.807) is 99.2 Å². The molecule has 4 N–H and O–H groups in total. The Morgan fingerprint density at radius 1 is 0.639 bits per heavy atom. The summed E-state index contributed by atoms with van der Waals surface area (Å²) in [5.74, 6) is 1.51. The molecule has 6 heterocycles. The van der Waals surface area contributed by atoms with Crippen LogP contribution in [0.2, 0.25) is 0 Å². The monoisotopic (exact) mass is 1020 g/mol. The molecule has 18 nitrogen and oxygen atoms in total. The van der Waals surface area contributed by atoms with Gasteiger partial charge in [-0.25, -0.2) is 19.0 Å². The zero-order valence-corrected chi connectivity index (χ0v) is 40.6. The van der Waals surface area contributed by atoms with Crippen molar-refractivity contribution in [2.24, 2.45) is 11.8 Å². The number of carbonyl (C=O) groups excluding carboxylic acids is 4. The molecule has 2 saturated carbocycles. The Kier molecular flexibility index (Phi) is 15.6. The van der Waals surface area contributed by atoms with Crippen molar-refractivity contribution >= 4 is 74.8 Å². The molecule has 2 aliphatic carbocycles. The quantitative estimate of drug-likeness (QED) is 0.106. The second-order valence-corrected chi connectivity index (χ2v) is 17.9. The van der Waals surface area contributed by atoms with Crippen LogP contribution in [0.3, 0.4) is 0 Å². The average molecular weight is 1030 g/mol. The number of carbonyl (C=O) groups is 4. The predicted octanol–water partition coefficient (Wildman–Crippen LogP) is 5.83. The summed E-state index contributed by atoms with van der Waals surface area (Å²) >= 11 is 3.45. The van der Waals surface area contributed by atoms with E-state index in [-0.39, 0.29) is 23.6 Å². The van der Waals surface area contributed by atoms with E-state index in [4.69, 9.17) is 20.6 Å². The molecule has 0 saturated heterocycles. The summed E-state index contributed by atoms with van der Waals surface area (Å²) in [6.07, 6.45) is 14.4. The Balaban J connectivity index is 0.000000159. The Morgan fingerprint density at radius 2 is 1.10 bits per heavy atom. The SMILES string of the molecule is CNC(=O)c1ccc(-c2cnn3ccc(C(=O)N(CC4CC4)c4ccc(C#N)cn4)cc23)cc1.CNC(=O)c1ccc(B(O)O)cc1.N#Cc1ccc(N(CC2CC2)C(=O)c2ccn3ncc(Br)c3c2)nc1. The van der Waals surface area contributed by atoms with Crippen molar-refractivity contribution in [1.29, 1.82) is 10.5 Å². The van der Waals surface area contributed by atoms with E-state index in [9.17, 15) is 19.2 Å².